The minimum Gasteiger partial charge on any atom is -0.310 e. The number of rotatable bonds is 9. The number of hydrogen-bond acceptors (Lipinski definition) is 3. The van der Waals surface area contributed by atoms with Crippen LogP contribution in [0.4, 0.5) is 51.2 Å². The lowest BCUT2D eigenvalue weighted by atomic mass is 10.1. The molecule has 0 N–H and O–H groups in total. The van der Waals surface area contributed by atoms with E-state index in [-0.39, 0.29) is 0 Å². The molecule has 0 unspecified atom stereocenters. The minimum atomic E-state index is 0.650. The van der Waals surface area contributed by atoms with Crippen molar-refractivity contribution in [2.45, 2.75) is 0 Å². The van der Waals surface area contributed by atoms with Gasteiger partial charge in [-0.15, -0.1) is 0 Å². The lowest BCUT2D eigenvalue weighted by molar-refractivity contribution is 1.24. The average molecular weight is 614 g/mol. The molecule has 3 nitrogen and oxygen atoms in total. The summed E-state index contributed by atoms with van der Waals surface area (Å²) in [6.07, 6.45) is 0. The third kappa shape index (κ3) is 6.23. The van der Waals surface area contributed by atoms with Gasteiger partial charge in [0.25, 0.3) is 0 Å². The number of para-hydroxylation sites is 5. The molecule has 0 fully saturated rings. The van der Waals surface area contributed by atoms with Gasteiger partial charge < -0.3 is 14.7 Å². The third-order valence-electron chi connectivity index (χ3n) is 7.80. The Bertz CT molecular complexity index is 1920. The van der Waals surface area contributed by atoms with Crippen molar-refractivity contribution >= 4 is 62.8 Å². The summed E-state index contributed by atoms with van der Waals surface area (Å²) in [5, 5.41) is 0.650. The van der Waals surface area contributed by atoms with Crippen LogP contribution in [0.15, 0.2) is 194 Å². The molecule has 222 valence electrons. The largest absolute Gasteiger partial charge is 0.310 e. The molecule has 0 aromatic heterocycles. The van der Waals surface area contributed by atoms with Crippen LogP contribution in [0.1, 0.15) is 0 Å². The highest BCUT2D eigenvalue weighted by Gasteiger charge is 2.20. The topological polar surface area (TPSA) is 9.72 Å². The summed E-state index contributed by atoms with van der Waals surface area (Å²) in [4.78, 5) is 6.78. The van der Waals surface area contributed by atoms with Crippen molar-refractivity contribution in [3.63, 3.8) is 0 Å². The highest BCUT2D eigenvalue weighted by molar-refractivity contribution is 6.31. The van der Waals surface area contributed by atoms with Crippen LogP contribution < -0.4 is 14.7 Å². The minimum absolute atomic E-state index is 0.650. The molecule has 0 bridgehead atoms. The Morgan fingerprint density at radius 1 is 0.239 bits per heavy atom. The Balaban J connectivity index is 1.39. The molecule has 0 amide bonds. The highest BCUT2D eigenvalue weighted by atomic mass is 35.5. The maximum atomic E-state index is 6.97. The number of benzene rings is 7. The van der Waals surface area contributed by atoms with Crippen molar-refractivity contribution in [3.8, 4) is 0 Å². The van der Waals surface area contributed by atoms with Crippen molar-refractivity contribution in [1.82, 2.24) is 0 Å². The van der Waals surface area contributed by atoms with E-state index in [0.717, 1.165) is 51.2 Å². The van der Waals surface area contributed by atoms with E-state index < -0.39 is 0 Å². The second-order valence-corrected chi connectivity index (χ2v) is 11.3. The maximum absolute atomic E-state index is 6.97. The van der Waals surface area contributed by atoms with Crippen LogP contribution in [-0.2, 0) is 0 Å². The molecular formula is C42H32ClN3. The van der Waals surface area contributed by atoms with E-state index >= 15 is 0 Å². The number of hydrogen-bond donors (Lipinski definition) is 0. The lowest BCUT2D eigenvalue weighted by Crippen LogP contribution is -2.14. The summed E-state index contributed by atoms with van der Waals surface area (Å²) in [7, 11) is 0. The van der Waals surface area contributed by atoms with Gasteiger partial charge >= 0.3 is 0 Å². The molecule has 4 heteroatoms. The summed E-state index contributed by atoms with van der Waals surface area (Å²) in [5.74, 6) is 0. The summed E-state index contributed by atoms with van der Waals surface area (Å²) in [6.45, 7) is 0. The molecule has 0 heterocycles. The van der Waals surface area contributed by atoms with Gasteiger partial charge in [-0.1, -0.05) is 109 Å². The Hall–Kier alpha value is -5.77. The fourth-order valence-electron chi connectivity index (χ4n) is 5.82. The van der Waals surface area contributed by atoms with Gasteiger partial charge in [-0.05, 0) is 97.1 Å². The van der Waals surface area contributed by atoms with Crippen LogP contribution in [0, 0.1) is 0 Å². The van der Waals surface area contributed by atoms with E-state index in [0.29, 0.717) is 5.02 Å². The molecular weight excluding hydrogens is 582 g/mol. The Kier molecular flexibility index (Phi) is 8.49. The van der Waals surface area contributed by atoms with Crippen LogP contribution in [0.3, 0.4) is 0 Å². The fraction of sp³-hybridized carbons (Fsp3) is 0. The second kappa shape index (κ2) is 13.5. The predicted molar refractivity (Wildman–Crippen MR) is 196 cm³/mol. The average Bonchev–Trinajstić information content (AvgIpc) is 3.11. The Morgan fingerprint density at radius 3 is 0.804 bits per heavy atom. The summed E-state index contributed by atoms with van der Waals surface area (Å²) >= 11 is 6.97. The zero-order valence-corrected chi connectivity index (χ0v) is 26.0. The highest BCUT2D eigenvalue weighted by Crippen LogP contribution is 2.44. The molecule has 0 aliphatic carbocycles. The summed E-state index contributed by atoms with van der Waals surface area (Å²) in [5.41, 5.74) is 9.29. The smallest absolute Gasteiger partial charge is 0.0497 e. The van der Waals surface area contributed by atoms with Crippen molar-refractivity contribution in [2.75, 3.05) is 14.7 Å². The van der Waals surface area contributed by atoms with Crippen molar-refractivity contribution in [3.05, 3.63) is 199 Å². The van der Waals surface area contributed by atoms with Gasteiger partial charge in [0.15, 0.2) is 0 Å². The first-order valence-corrected chi connectivity index (χ1v) is 15.7. The lowest BCUT2D eigenvalue weighted by Gasteiger charge is -2.31. The van der Waals surface area contributed by atoms with Crippen molar-refractivity contribution in [2.24, 2.45) is 0 Å². The quantitative estimate of drug-likeness (QED) is 0.160. The molecule has 0 atom stereocenters. The van der Waals surface area contributed by atoms with E-state index in [1.165, 1.54) is 0 Å². The maximum Gasteiger partial charge on any atom is 0.0497 e. The summed E-state index contributed by atoms with van der Waals surface area (Å²) < 4.78 is 0. The number of nitrogens with zero attached hydrogens (tertiary/aromatic N) is 3. The van der Waals surface area contributed by atoms with E-state index in [4.69, 9.17) is 11.6 Å². The first-order chi connectivity index (χ1) is 22.7. The first-order valence-electron chi connectivity index (χ1n) is 15.3. The molecule has 7 rings (SSSR count). The van der Waals surface area contributed by atoms with Crippen LogP contribution in [0.5, 0.6) is 0 Å². The molecule has 0 saturated carbocycles. The van der Waals surface area contributed by atoms with Gasteiger partial charge in [0.1, 0.15) is 0 Å². The first kappa shape index (κ1) is 29.0. The Labute approximate surface area is 275 Å². The SMILES string of the molecule is Clc1cc(N(c2ccccc2)c2ccccc2)cc(N(c2ccccc2)c2cccc(N(c3ccccc3)c3ccccc3)c2)c1. The van der Waals surface area contributed by atoms with Crippen LogP contribution in [0.25, 0.3) is 0 Å². The van der Waals surface area contributed by atoms with Gasteiger partial charge in [0.05, 0.1) is 0 Å². The molecule has 0 radical (unpaired) electrons. The fourth-order valence-corrected chi connectivity index (χ4v) is 6.04. The van der Waals surface area contributed by atoms with Gasteiger partial charge in [0.2, 0.25) is 0 Å². The molecule has 0 aliphatic rings. The van der Waals surface area contributed by atoms with Crippen LogP contribution >= 0.6 is 11.6 Å². The van der Waals surface area contributed by atoms with Crippen molar-refractivity contribution < 1.29 is 0 Å². The standard InChI is InChI=1S/C42H32ClN3/c43-33-29-41(45(36-21-10-3-11-22-36)37-23-12-4-13-24-37)32-42(30-33)46(38-25-14-5-15-26-38)40-28-16-27-39(31-40)44(34-17-6-1-7-18-34)35-19-8-2-9-20-35/h1-32H. The molecule has 7 aromatic carbocycles. The third-order valence-corrected chi connectivity index (χ3v) is 8.02. The molecule has 0 spiro atoms. The molecule has 7 aromatic rings. The predicted octanol–water partition coefficient (Wildman–Crippen LogP) is 12.7. The van der Waals surface area contributed by atoms with Crippen LogP contribution in [-0.4, -0.2) is 0 Å². The van der Waals surface area contributed by atoms with E-state index in [1.807, 2.05) is 42.5 Å². The summed E-state index contributed by atoms with van der Waals surface area (Å²) in [6, 6.07) is 67.1. The van der Waals surface area contributed by atoms with E-state index in [1.54, 1.807) is 0 Å². The van der Waals surface area contributed by atoms with Gasteiger partial charge in [0, 0.05) is 56.2 Å². The second-order valence-electron chi connectivity index (χ2n) is 10.9. The zero-order valence-electron chi connectivity index (χ0n) is 25.2. The monoisotopic (exact) mass is 613 g/mol. The number of halogens is 1. The van der Waals surface area contributed by atoms with Gasteiger partial charge in [-0.3, -0.25) is 0 Å². The van der Waals surface area contributed by atoms with E-state index in [9.17, 15) is 0 Å². The Morgan fingerprint density at radius 2 is 0.478 bits per heavy atom. The normalized spacial score (nSPS) is 10.7. The number of anilines is 9. The van der Waals surface area contributed by atoms with Gasteiger partial charge in [-0.2, -0.15) is 0 Å². The van der Waals surface area contributed by atoms with Crippen molar-refractivity contribution in [1.29, 1.82) is 0 Å². The molecule has 0 aliphatic heterocycles. The molecule has 0 saturated heterocycles. The molecule has 46 heavy (non-hydrogen) atoms. The van der Waals surface area contributed by atoms with E-state index in [2.05, 4.69) is 166 Å². The van der Waals surface area contributed by atoms with Crippen LogP contribution in [0.2, 0.25) is 5.02 Å². The van der Waals surface area contributed by atoms with Gasteiger partial charge in [-0.25, -0.2) is 0 Å². The zero-order chi connectivity index (χ0) is 31.1.